The highest BCUT2D eigenvalue weighted by Crippen LogP contribution is 2.46. The van der Waals surface area contributed by atoms with E-state index in [1.54, 1.807) is 4.68 Å². The van der Waals surface area contributed by atoms with Gasteiger partial charge in [0.05, 0.1) is 17.7 Å². The molecule has 2 aliphatic heterocycles. The van der Waals surface area contributed by atoms with Gasteiger partial charge in [0.2, 0.25) is 5.91 Å². The van der Waals surface area contributed by atoms with Gasteiger partial charge >= 0.3 is 0 Å². The zero-order valence-electron chi connectivity index (χ0n) is 19.7. The predicted molar refractivity (Wildman–Crippen MR) is 128 cm³/mol. The lowest BCUT2D eigenvalue weighted by Gasteiger charge is -2.23. The zero-order chi connectivity index (χ0) is 24.0. The highest BCUT2D eigenvalue weighted by molar-refractivity contribution is 6.08. The molecule has 1 fully saturated rings. The lowest BCUT2D eigenvalue weighted by molar-refractivity contribution is -0.122. The van der Waals surface area contributed by atoms with Crippen LogP contribution in [0.3, 0.4) is 0 Å². The number of rotatable bonds is 5. The highest BCUT2D eigenvalue weighted by atomic mass is 19.1. The van der Waals surface area contributed by atoms with Crippen LogP contribution in [-0.4, -0.2) is 28.8 Å². The fraction of sp³-hybridized carbons (Fsp3) is 0.333. The number of anilines is 1. The van der Waals surface area contributed by atoms with Gasteiger partial charge in [0.15, 0.2) is 0 Å². The summed E-state index contributed by atoms with van der Waals surface area (Å²) >= 11 is 0. The van der Waals surface area contributed by atoms with Gasteiger partial charge < -0.3 is 10.2 Å². The number of para-hydroxylation sites is 1. The molecular weight excluding hydrogens is 434 g/mol. The molecule has 0 saturated carbocycles. The molecule has 0 bridgehead atoms. The van der Waals surface area contributed by atoms with Crippen molar-refractivity contribution in [1.82, 2.24) is 15.1 Å². The van der Waals surface area contributed by atoms with E-state index in [-0.39, 0.29) is 18.0 Å². The van der Waals surface area contributed by atoms with Gasteiger partial charge in [-0.25, -0.2) is 8.78 Å². The number of benzene rings is 2. The Morgan fingerprint density at radius 3 is 2.62 bits per heavy atom. The van der Waals surface area contributed by atoms with Crippen LogP contribution in [0.25, 0.3) is 5.57 Å². The van der Waals surface area contributed by atoms with Crippen molar-refractivity contribution in [3.63, 3.8) is 0 Å². The van der Waals surface area contributed by atoms with Crippen molar-refractivity contribution in [2.75, 3.05) is 18.0 Å². The quantitative estimate of drug-likeness (QED) is 0.608. The molecule has 7 heteroatoms. The van der Waals surface area contributed by atoms with E-state index in [0.29, 0.717) is 24.9 Å². The predicted octanol–water partition coefficient (Wildman–Crippen LogP) is 4.49. The Hall–Kier alpha value is -3.32. The smallest absolute Gasteiger partial charge is 0.239 e. The molecule has 5 nitrogen and oxygen atoms in total. The maximum absolute atomic E-state index is 15.4. The van der Waals surface area contributed by atoms with Gasteiger partial charge in [0, 0.05) is 36.6 Å². The van der Waals surface area contributed by atoms with Gasteiger partial charge in [-0.2, -0.15) is 5.10 Å². The number of aromatic nitrogens is 2. The Morgan fingerprint density at radius 1 is 1.24 bits per heavy atom. The van der Waals surface area contributed by atoms with Crippen LogP contribution in [0.15, 0.2) is 48.7 Å². The molecule has 0 radical (unpaired) electrons. The molecule has 2 aromatic carbocycles. The summed E-state index contributed by atoms with van der Waals surface area (Å²) in [5.41, 5.74) is 3.82. The van der Waals surface area contributed by atoms with Crippen molar-refractivity contribution < 1.29 is 13.6 Å². The van der Waals surface area contributed by atoms with Crippen LogP contribution in [0.1, 0.15) is 48.2 Å². The Balaban J connectivity index is 1.51. The summed E-state index contributed by atoms with van der Waals surface area (Å²) in [5.74, 6) is -1.42. The number of fused-ring (bicyclic) bond motifs is 2. The molecule has 1 aromatic heterocycles. The van der Waals surface area contributed by atoms with Crippen molar-refractivity contribution in [3.8, 4) is 0 Å². The van der Waals surface area contributed by atoms with Gasteiger partial charge in [-0.15, -0.1) is 0 Å². The fourth-order valence-corrected chi connectivity index (χ4v) is 5.42. The lowest BCUT2D eigenvalue weighted by Crippen LogP contribution is -2.41. The molecule has 0 aliphatic carbocycles. The minimum absolute atomic E-state index is 0.0985. The zero-order valence-corrected chi connectivity index (χ0v) is 19.7. The lowest BCUT2D eigenvalue weighted by atomic mass is 9.81. The molecule has 5 rings (SSSR count). The third-order valence-corrected chi connectivity index (χ3v) is 7.11. The molecule has 1 unspecified atom stereocenters. The van der Waals surface area contributed by atoms with Crippen molar-refractivity contribution in [3.05, 3.63) is 88.3 Å². The fourth-order valence-electron chi connectivity index (χ4n) is 5.42. The number of carbonyl (C=O) groups is 1. The molecular formula is C27H28F2N4O. The number of hydrogen-bond acceptors (Lipinski definition) is 3. The second kappa shape index (κ2) is 8.47. The number of allylic oxidation sites excluding steroid dienone is 1. The van der Waals surface area contributed by atoms with Crippen LogP contribution in [-0.2, 0) is 30.2 Å². The molecule has 3 heterocycles. The van der Waals surface area contributed by atoms with E-state index in [1.165, 1.54) is 17.0 Å². The Kier molecular flexibility index (Phi) is 5.60. The van der Waals surface area contributed by atoms with Crippen LogP contribution < -0.4 is 10.2 Å². The summed E-state index contributed by atoms with van der Waals surface area (Å²) in [7, 11) is 1.83. The third-order valence-electron chi connectivity index (χ3n) is 7.11. The maximum Gasteiger partial charge on any atom is 0.239 e. The van der Waals surface area contributed by atoms with Gasteiger partial charge in [0.1, 0.15) is 11.6 Å². The maximum atomic E-state index is 15.4. The second-order valence-corrected chi connectivity index (χ2v) is 9.05. The van der Waals surface area contributed by atoms with Gasteiger partial charge in [-0.3, -0.25) is 9.48 Å². The summed E-state index contributed by atoms with van der Waals surface area (Å²) < 4.78 is 32.5. The number of amides is 1. The number of halogens is 2. The molecule has 3 aromatic rings. The average Bonchev–Trinajstić information content (AvgIpc) is 3.51. The highest BCUT2D eigenvalue weighted by Gasteiger charge is 2.52. The van der Waals surface area contributed by atoms with E-state index in [9.17, 15) is 4.79 Å². The van der Waals surface area contributed by atoms with E-state index in [4.69, 9.17) is 0 Å². The topological polar surface area (TPSA) is 50.2 Å². The second-order valence-electron chi connectivity index (χ2n) is 9.05. The van der Waals surface area contributed by atoms with E-state index < -0.39 is 17.0 Å². The first-order chi connectivity index (χ1) is 16.4. The molecule has 1 amide bonds. The SMILES string of the molecule is C/C=C(/c1cc(F)c(CN2C(=O)C3(CCNC3)c3ccccc32)c(F)c1)c1cn(C)nc1CC. The number of carbonyl (C=O) groups excluding carboxylic acids is 1. The number of hydrogen-bond donors (Lipinski definition) is 1. The Morgan fingerprint density at radius 2 is 1.97 bits per heavy atom. The number of nitrogens with zero attached hydrogens (tertiary/aromatic N) is 3. The van der Waals surface area contributed by atoms with Crippen LogP contribution in [0, 0.1) is 11.6 Å². The third kappa shape index (κ3) is 3.38. The van der Waals surface area contributed by atoms with Crippen LogP contribution in [0.4, 0.5) is 14.5 Å². The van der Waals surface area contributed by atoms with E-state index >= 15 is 8.78 Å². The first-order valence-corrected chi connectivity index (χ1v) is 11.7. The molecule has 176 valence electrons. The average molecular weight is 463 g/mol. The molecule has 2 aliphatic rings. The van der Waals surface area contributed by atoms with Gasteiger partial charge in [-0.05, 0) is 61.2 Å². The standard InChI is InChI=1S/C27H28F2N4O/c1-4-18(19-14-32(3)31-24(19)5-2)17-12-22(28)20(23(29)13-17)15-33-25-9-7-6-8-21(25)27(26(33)34)10-11-30-16-27/h4,6-9,12-14,30H,5,10-11,15-16H2,1-3H3/b18-4-. The molecule has 34 heavy (non-hydrogen) atoms. The van der Waals surface area contributed by atoms with Crippen molar-refractivity contribution in [2.45, 2.75) is 38.6 Å². The molecule has 1 saturated heterocycles. The van der Waals surface area contributed by atoms with Crippen LogP contribution in [0.5, 0.6) is 0 Å². The van der Waals surface area contributed by atoms with Crippen molar-refractivity contribution in [2.24, 2.45) is 7.05 Å². The van der Waals surface area contributed by atoms with Crippen molar-refractivity contribution in [1.29, 1.82) is 0 Å². The Labute approximate surface area is 198 Å². The monoisotopic (exact) mass is 462 g/mol. The molecule has 1 N–H and O–H groups in total. The van der Waals surface area contributed by atoms with Gasteiger partial charge in [-0.1, -0.05) is 31.2 Å². The Bertz CT molecular complexity index is 1280. The van der Waals surface area contributed by atoms with Gasteiger partial charge in [0.25, 0.3) is 0 Å². The summed E-state index contributed by atoms with van der Waals surface area (Å²) in [4.78, 5) is 15.1. The molecule has 1 atom stereocenters. The summed E-state index contributed by atoms with van der Waals surface area (Å²) in [6, 6.07) is 10.3. The van der Waals surface area contributed by atoms with Crippen molar-refractivity contribution >= 4 is 17.2 Å². The summed E-state index contributed by atoms with van der Waals surface area (Å²) in [5, 5.41) is 7.74. The molecule has 1 spiro atoms. The van der Waals surface area contributed by atoms with E-state index in [1.807, 2.05) is 57.4 Å². The largest absolute Gasteiger partial charge is 0.315 e. The van der Waals surface area contributed by atoms with Crippen LogP contribution >= 0.6 is 0 Å². The minimum Gasteiger partial charge on any atom is -0.315 e. The number of aryl methyl sites for hydroxylation is 2. The number of nitrogens with one attached hydrogen (secondary N) is 1. The minimum atomic E-state index is -0.660. The van der Waals surface area contributed by atoms with E-state index in [2.05, 4.69) is 10.4 Å². The van der Waals surface area contributed by atoms with E-state index in [0.717, 1.165) is 34.6 Å². The normalized spacial score (nSPS) is 20.0. The summed E-state index contributed by atoms with van der Waals surface area (Å²) in [6.07, 6.45) is 5.11. The first kappa shape index (κ1) is 22.5. The first-order valence-electron chi connectivity index (χ1n) is 11.7. The summed E-state index contributed by atoms with van der Waals surface area (Å²) in [6.45, 7) is 4.99. The van der Waals surface area contributed by atoms with Crippen LogP contribution in [0.2, 0.25) is 0 Å².